The highest BCUT2D eigenvalue weighted by molar-refractivity contribution is 6.31. The summed E-state index contributed by atoms with van der Waals surface area (Å²) in [5.74, 6) is 0.396. The summed E-state index contributed by atoms with van der Waals surface area (Å²) < 4.78 is 5.11. The van der Waals surface area contributed by atoms with E-state index in [9.17, 15) is 4.79 Å². The number of alkyl halides is 1. The number of ether oxygens (including phenoxy) is 1. The highest BCUT2D eigenvalue weighted by atomic mass is 35.5. The van der Waals surface area contributed by atoms with Gasteiger partial charge in [0.1, 0.15) is 11.1 Å². The molecular formula is C11H11ClO2. The Kier molecular flexibility index (Phi) is 2.46. The Morgan fingerprint density at radius 1 is 1.43 bits per heavy atom. The van der Waals surface area contributed by atoms with Crippen LogP contribution in [0.25, 0.3) is 0 Å². The van der Waals surface area contributed by atoms with Crippen LogP contribution in [-0.2, 0) is 4.79 Å². The highest BCUT2D eigenvalue weighted by Gasteiger charge is 2.34. The Morgan fingerprint density at radius 2 is 2.14 bits per heavy atom. The molecule has 1 aromatic carbocycles. The number of para-hydroxylation sites is 1. The maximum atomic E-state index is 11.4. The summed E-state index contributed by atoms with van der Waals surface area (Å²) in [5, 5.41) is -0.546. The van der Waals surface area contributed by atoms with Crippen molar-refractivity contribution in [2.24, 2.45) is 0 Å². The molecule has 0 spiro atoms. The van der Waals surface area contributed by atoms with Crippen LogP contribution in [0.3, 0.4) is 0 Å². The fourth-order valence-corrected chi connectivity index (χ4v) is 2.15. The van der Waals surface area contributed by atoms with Crippen molar-refractivity contribution in [2.45, 2.75) is 24.6 Å². The van der Waals surface area contributed by atoms with Crippen LogP contribution in [0.1, 0.15) is 24.8 Å². The van der Waals surface area contributed by atoms with Crippen molar-refractivity contribution >= 4 is 17.6 Å². The number of esters is 1. The Bertz CT molecular complexity index is 362. The van der Waals surface area contributed by atoms with Crippen molar-refractivity contribution < 1.29 is 9.53 Å². The number of halogens is 1. The molecule has 1 aliphatic rings. The van der Waals surface area contributed by atoms with Gasteiger partial charge in [0, 0.05) is 11.5 Å². The van der Waals surface area contributed by atoms with E-state index in [1.165, 1.54) is 0 Å². The number of fused-ring (bicyclic) bond motifs is 1. The topological polar surface area (TPSA) is 26.3 Å². The SMILES string of the molecule is CCC1c2ccccc2OC(=O)C1Cl. The first-order valence-electron chi connectivity index (χ1n) is 4.68. The normalized spacial score (nSPS) is 25.4. The number of carbonyl (C=O) groups is 1. The van der Waals surface area contributed by atoms with E-state index in [2.05, 4.69) is 0 Å². The molecule has 0 aliphatic carbocycles. The molecular weight excluding hydrogens is 200 g/mol. The smallest absolute Gasteiger partial charge is 0.330 e. The summed E-state index contributed by atoms with van der Waals surface area (Å²) in [6.45, 7) is 2.02. The first kappa shape index (κ1) is 9.53. The van der Waals surface area contributed by atoms with Crippen LogP contribution in [-0.4, -0.2) is 11.3 Å². The predicted molar refractivity (Wildman–Crippen MR) is 54.8 cm³/mol. The average molecular weight is 211 g/mol. The highest BCUT2D eigenvalue weighted by Crippen LogP contribution is 2.38. The van der Waals surface area contributed by atoms with E-state index < -0.39 is 5.38 Å². The first-order valence-corrected chi connectivity index (χ1v) is 5.12. The summed E-state index contributed by atoms with van der Waals surface area (Å²) in [5.41, 5.74) is 1.04. The summed E-state index contributed by atoms with van der Waals surface area (Å²) in [4.78, 5) is 11.4. The molecule has 2 rings (SSSR count). The lowest BCUT2D eigenvalue weighted by molar-refractivity contribution is -0.135. The lowest BCUT2D eigenvalue weighted by Gasteiger charge is -2.27. The molecule has 14 heavy (non-hydrogen) atoms. The molecule has 0 bridgehead atoms. The van der Waals surface area contributed by atoms with Gasteiger partial charge in [0.2, 0.25) is 0 Å². The van der Waals surface area contributed by atoms with Crippen molar-refractivity contribution in [2.75, 3.05) is 0 Å². The minimum absolute atomic E-state index is 0.0779. The van der Waals surface area contributed by atoms with Crippen LogP contribution in [0.4, 0.5) is 0 Å². The average Bonchev–Trinajstić information content (AvgIpc) is 2.20. The fourth-order valence-electron chi connectivity index (χ4n) is 1.79. The monoisotopic (exact) mass is 210 g/mol. The van der Waals surface area contributed by atoms with Crippen LogP contribution in [0.2, 0.25) is 0 Å². The molecule has 74 valence electrons. The third-order valence-electron chi connectivity index (χ3n) is 2.55. The third-order valence-corrected chi connectivity index (χ3v) is 3.03. The molecule has 0 radical (unpaired) electrons. The number of benzene rings is 1. The van der Waals surface area contributed by atoms with Crippen LogP contribution in [0.5, 0.6) is 5.75 Å². The zero-order valence-electron chi connectivity index (χ0n) is 7.87. The fraction of sp³-hybridized carbons (Fsp3) is 0.364. The van der Waals surface area contributed by atoms with E-state index in [0.717, 1.165) is 12.0 Å². The molecule has 0 saturated heterocycles. The molecule has 3 heteroatoms. The molecule has 0 amide bonds. The number of rotatable bonds is 1. The maximum absolute atomic E-state index is 11.4. The van der Waals surface area contributed by atoms with Crippen LogP contribution in [0.15, 0.2) is 24.3 Å². The van der Waals surface area contributed by atoms with Gasteiger partial charge in [-0.15, -0.1) is 11.6 Å². The third kappa shape index (κ3) is 1.40. The largest absolute Gasteiger partial charge is 0.425 e. The number of hydrogen-bond donors (Lipinski definition) is 0. The molecule has 2 atom stereocenters. The van der Waals surface area contributed by atoms with E-state index in [1.54, 1.807) is 6.07 Å². The number of hydrogen-bond acceptors (Lipinski definition) is 2. The van der Waals surface area contributed by atoms with Gasteiger partial charge in [0.25, 0.3) is 0 Å². The minimum Gasteiger partial charge on any atom is -0.425 e. The second kappa shape index (κ2) is 3.62. The molecule has 0 aromatic heterocycles. The Morgan fingerprint density at radius 3 is 2.86 bits per heavy atom. The van der Waals surface area contributed by atoms with Gasteiger partial charge in [-0.05, 0) is 12.5 Å². The van der Waals surface area contributed by atoms with Crippen LogP contribution in [0, 0.1) is 0 Å². The van der Waals surface area contributed by atoms with Gasteiger partial charge < -0.3 is 4.74 Å². The van der Waals surface area contributed by atoms with Gasteiger partial charge in [-0.3, -0.25) is 4.79 Å². The predicted octanol–water partition coefficient (Wildman–Crippen LogP) is 2.71. The Labute approximate surface area is 87.8 Å². The van der Waals surface area contributed by atoms with Crippen molar-refractivity contribution in [3.63, 3.8) is 0 Å². The van der Waals surface area contributed by atoms with Gasteiger partial charge in [-0.1, -0.05) is 25.1 Å². The van der Waals surface area contributed by atoms with E-state index in [0.29, 0.717) is 5.75 Å². The standard InChI is InChI=1S/C11H11ClO2/c1-2-7-8-5-3-4-6-9(8)14-11(13)10(7)12/h3-7,10H,2H2,1H3. The zero-order chi connectivity index (χ0) is 10.1. The van der Waals surface area contributed by atoms with Crippen molar-refractivity contribution in [1.82, 2.24) is 0 Å². The van der Waals surface area contributed by atoms with Crippen molar-refractivity contribution in [3.05, 3.63) is 29.8 Å². The molecule has 1 aromatic rings. The van der Waals surface area contributed by atoms with Gasteiger partial charge in [0.15, 0.2) is 0 Å². The first-order chi connectivity index (χ1) is 6.74. The maximum Gasteiger partial charge on any atom is 0.330 e. The summed E-state index contributed by atoms with van der Waals surface area (Å²) in [6, 6.07) is 7.56. The van der Waals surface area contributed by atoms with E-state index in [4.69, 9.17) is 16.3 Å². The van der Waals surface area contributed by atoms with Gasteiger partial charge in [0.05, 0.1) is 0 Å². The van der Waals surface area contributed by atoms with Gasteiger partial charge in [-0.2, -0.15) is 0 Å². The zero-order valence-corrected chi connectivity index (χ0v) is 8.62. The molecule has 0 saturated carbocycles. The molecule has 2 unspecified atom stereocenters. The molecule has 1 heterocycles. The minimum atomic E-state index is -0.546. The molecule has 2 nitrogen and oxygen atoms in total. The second-order valence-electron chi connectivity index (χ2n) is 3.38. The Balaban J connectivity index is 2.47. The lowest BCUT2D eigenvalue weighted by atomic mass is 9.90. The number of carbonyl (C=O) groups excluding carboxylic acids is 1. The van der Waals surface area contributed by atoms with Gasteiger partial charge in [-0.25, -0.2) is 0 Å². The quantitative estimate of drug-likeness (QED) is 0.405. The van der Waals surface area contributed by atoms with E-state index in [1.807, 2.05) is 25.1 Å². The molecule has 1 aliphatic heterocycles. The summed E-state index contributed by atoms with van der Waals surface area (Å²) >= 11 is 5.99. The van der Waals surface area contributed by atoms with E-state index >= 15 is 0 Å². The van der Waals surface area contributed by atoms with E-state index in [-0.39, 0.29) is 11.9 Å². The van der Waals surface area contributed by atoms with Gasteiger partial charge >= 0.3 is 5.97 Å². The van der Waals surface area contributed by atoms with Crippen LogP contribution < -0.4 is 4.74 Å². The molecule has 0 fully saturated rings. The molecule has 0 N–H and O–H groups in total. The Hall–Kier alpha value is -1.02. The summed E-state index contributed by atoms with van der Waals surface area (Å²) in [7, 11) is 0. The van der Waals surface area contributed by atoms with Crippen molar-refractivity contribution in [3.8, 4) is 5.75 Å². The lowest BCUT2D eigenvalue weighted by Crippen LogP contribution is -2.32. The van der Waals surface area contributed by atoms with Crippen molar-refractivity contribution in [1.29, 1.82) is 0 Å². The second-order valence-corrected chi connectivity index (χ2v) is 3.85. The van der Waals surface area contributed by atoms with Crippen LogP contribution >= 0.6 is 11.6 Å². The summed E-state index contributed by atoms with van der Waals surface area (Å²) in [6.07, 6.45) is 0.847.